The summed E-state index contributed by atoms with van der Waals surface area (Å²) in [5, 5.41) is 3.44. The quantitative estimate of drug-likeness (QED) is 0.755. The smallest absolute Gasteiger partial charge is 0.0698 e. The lowest BCUT2D eigenvalue weighted by Crippen LogP contribution is -2.40. The van der Waals surface area contributed by atoms with Gasteiger partial charge in [0.05, 0.1) is 6.10 Å². The lowest BCUT2D eigenvalue weighted by atomic mass is 10.0. The molecule has 0 aromatic rings. The van der Waals surface area contributed by atoms with E-state index in [4.69, 9.17) is 4.74 Å². The van der Waals surface area contributed by atoms with Gasteiger partial charge in [0.25, 0.3) is 0 Å². The molecule has 2 fully saturated rings. The van der Waals surface area contributed by atoms with Crippen LogP contribution in [-0.2, 0) is 4.74 Å². The molecule has 3 nitrogen and oxygen atoms in total. The van der Waals surface area contributed by atoms with Gasteiger partial charge in [-0.2, -0.15) is 0 Å². The van der Waals surface area contributed by atoms with Crippen molar-refractivity contribution in [2.45, 2.75) is 31.8 Å². The monoisotopic (exact) mass is 212 g/mol. The Bertz CT molecular complexity index is 180. The minimum absolute atomic E-state index is 0.487. The number of likely N-dealkylation sites (tertiary alicyclic amines) is 1. The molecule has 2 heterocycles. The van der Waals surface area contributed by atoms with Crippen molar-refractivity contribution < 1.29 is 4.74 Å². The molecule has 2 unspecified atom stereocenters. The average Bonchev–Trinajstić information content (AvgIpc) is 2.79. The van der Waals surface area contributed by atoms with Gasteiger partial charge in [-0.3, -0.25) is 0 Å². The van der Waals surface area contributed by atoms with Crippen LogP contribution in [0.15, 0.2) is 0 Å². The zero-order valence-electron chi connectivity index (χ0n) is 9.87. The molecule has 0 aromatic heterocycles. The van der Waals surface area contributed by atoms with Crippen LogP contribution in [0.25, 0.3) is 0 Å². The Morgan fingerprint density at radius 2 is 2.33 bits per heavy atom. The summed E-state index contributed by atoms with van der Waals surface area (Å²) in [7, 11) is 1.84. The Balaban J connectivity index is 1.65. The van der Waals surface area contributed by atoms with Gasteiger partial charge in [-0.05, 0) is 57.8 Å². The summed E-state index contributed by atoms with van der Waals surface area (Å²) in [6, 6.07) is 0. The number of hydrogen-bond donors (Lipinski definition) is 1. The number of nitrogens with one attached hydrogen (secondary N) is 1. The van der Waals surface area contributed by atoms with Crippen LogP contribution in [0.3, 0.4) is 0 Å². The third-order valence-electron chi connectivity index (χ3n) is 3.81. The van der Waals surface area contributed by atoms with E-state index in [2.05, 4.69) is 10.2 Å². The summed E-state index contributed by atoms with van der Waals surface area (Å²) in [6.45, 7) is 6.16. The molecular formula is C12H24N2O. The molecule has 0 aromatic carbocycles. The van der Waals surface area contributed by atoms with Gasteiger partial charge in [-0.1, -0.05) is 0 Å². The summed E-state index contributed by atoms with van der Waals surface area (Å²) in [5.41, 5.74) is 0. The number of ether oxygens (including phenoxy) is 1. The van der Waals surface area contributed by atoms with Gasteiger partial charge < -0.3 is 15.0 Å². The first kappa shape index (κ1) is 11.4. The standard InChI is InChI=1S/C12H24N2O/c1-15-12-3-2-7-14(10-12)8-5-11-4-6-13-9-11/h11-13H,2-10H2,1H3. The number of hydrogen-bond acceptors (Lipinski definition) is 3. The highest BCUT2D eigenvalue weighted by Gasteiger charge is 2.21. The van der Waals surface area contributed by atoms with Gasteiger partial charge >= 0.3 is 0 Å². The molecule has 0 amide bonds. The minimum atomic E-state index is 0.487. The first-order chi connectivity index (χ1) is 7.38. The summed E-state index contributed by atoms with van der Waals surface area (Å²) in [4.78, 5) is 2.58. The second kappa shape index (κ2) is 5.83. The Morgan fingerprint density at radius 3 is 3.07 bits per heavy atom. The maximum absolute atomic E-state index is 5.44. The highest BCUT2D eigenvalue weighted by molar-refractivity contribution is 4.76. The van der Waals surface area contributed by atoms with Crippen LogP contribution in [0.5, 0.6) is 0 Å². The van der Waals surface area contributed by atoms with Crippen LogP contribution in [-0.4, -0.2) is 50.8 Å². The maximum atomic E-state index is 5.44. The Hall–Kier alpha value is -0.120. The molecule has 15 heavy (non-hydrogen) atoms. The Kier molecular flexibility index (Phi) is 4.42. The zero-order valence-corrected chi connectivity index (χ0v) is 9.87. The Labute approximate surface area is 93.2 Å². The third kappa shape index (κ3) is 3.44. The minimum Gasteiger partial charge on any atom is -0.380 e. The summed E-state index contributed by atoms with van der Waals surface area (Å²) < 4.78 is 5.44. The van der Waals surface area contributed by atoms with Gasteiger partial charge in [0.1, 0.15) is 0 Å². The van der Waals surface area contributed by atoms with Crippen LogP contribution < -0.4 is 5.32 Å². The number of methoxy groups -OCH3 is 1. The summed E-state index contributed by atoms with van der Waals surface area (Å²) >= 11 is 0. The van der Waals surface area contributed by atoms with Gasteiger partial charge in [0, 0.05) is 13.7 Å². The molecule has 0 spiro atoms. The van der Waals surface area contributed by atoms with E-state index < -0.39 is 0 Å². The maximum Gasteiger partial charge on any atom is 0.0698 e. The van der Waals surface area contributed by atoms with Crippen LogP contribution in [0.2, 0.25) is 0 Å². The fraction of sp³-hybridized carbons (Fsp3) is 1.00. The van der Waals surface area contributed by atoms with E-state index in [-0.39, 0.29) is 0 Å². The summed E-state index contributed by atoms with van der Waals surface area (Å²) in [6.07, 6.45) is 5.78. The fourth-order valence-corrected chi connectivity index (χ4v) is 2.73. The van der Waals surface area contributed by atoms with Crippen LogP contribution in [0, 0.1) is 5.92 Å². The van der Waals surface area contributed by atoms with Crippen molar-refractivity contribution in [3.63, 3.8) is 0 Å². The molecule has 0 bridgehead atoms. The lowest BCUT2D eigenvalue weighted by molar-refractivity contribution is 0.0298. The van der Waals surface area contributed by atoms with Crippen LogP contribution >= 0.6 is 0 Å². The van der Waals surface area contributed by atoms with Crippen molar-refractivity contribution in [3.8, 4) is 0 Å². The predicted octanol–water partition coefficient (Wildman–Crippen LogP) is 1.10. The second-order valence-corrected chi connectivity index (χ2v) is 4.95. The topological polar surface area (TPSA) is 24.5 Å². The van der Waals surface area contributed by atoms with Gasteiger partial charge in [0.2, 0.25) is 0 Å². The zero-order chi connectivity index (χ0) is 10.5. The molecule has 88 valence electrons. The Morgan fingerprint density at radius 1 is 1.40 bits per heavy atom. The van der Waals surface area contributed by atoms with Crippen molar-refractivity contribution >= 4 is 0 Å². The average molecular weight is 212 g/mol. The van der Waals surface area contributed by atoms with E-state index in [0.717, 1.165) is 12.5 Å². The van der Waals surface area contributed by atoms with E-state index in [9.17, 15) is 0 Å². The number of piperidine rings is 1. The molecule has 0 radical (unpaired) electrons. The highest BCUT2D eigenvalue weighted by Crippen LogP contribution is 2.16. The van der Waals surface area contributed by atoms with Crippen molar-refractivity contribution in [3.05, 3.63) is 0 Å². The van der Waals surface area contributed by atoms with Crippen molar-refractivity contribution in [2.75, 3.05) is 39.8 Å². The van der Waals surface area contributed by atoms with Gasteiger partial charge in [0.15, 0.2) is 0 Å². The molecule has 2 atom stereocenters. The molecule has 2 aliphatic heterocycles. The van der Waals surface area contributed by atoms with Crippen molar-refractivity contribution in [1.82, 2.24) is 10.2 Å². The highest BCUT2D eigenvalue weighted by atomic mass is 16.5. The van der Waals surface area contributed by atoms with Crippen LogP contribution in [0.4, 0.5) is 0 Å². The number of rotatable bonds is 4. The predicted molar refractivity (Wildman–Crippen MR) is 62.1 cm³/mol. The number of nitrogens with zero attached hydrogens (tertiary/aromatic N) is 1. The first-order valence-electron chi connectivity index (χ1n) is 6.34. The van der Waals surface area contributed by atoms with Crippen molar-refractivity contribution in [1.29, 1.82) is 0 Å². The van der Waals surface area contributed by atoms with E-state index in [1.807, 2.05) is 7.11 Å². The largest absolute Gasteiger partial charge is 0.380 e. The van der Waals surface area contributed by atoms with Crippen LogP contribution in [0.1, 0.15) is 25.7 Å². The SMILES string of the molecule is COC1CCCN(CCC2CCNC2)C1. The van der Waals surface area contributed by atoms with Gasteiger partial charge in [-0.15, -0.1) is 0 Å². The fourth-order valence-electron chi connectivity index (χ4n) is 2.73. The second-order valence-electron chi connectivity index (χ2n) is 4.95. The first-order valence-corrected chi connectivity index (χ1v) is 6.34. The third-order valence-corrected chi connectivity index (χ3v) is 3.81. The molecular weight excluding hydrogens is 188 g/mol. The van der Waals surface area contributed by atoms with E-state index in [1.54, 1.807) is 0 Å². The lowest BCUT2D eigenvalue weighted by Gasteiger charge is -2.32. The molecule has 3 heteroatoms. The van der Waals surface area contributed by atoms with Gasteiger partial charge in [-0.25, -0.2) is 0 Å². The van der Waals surface area contributed by atoms with E-state index in [0.29, 0.717) is 6.10 Å². The van der Waals surface area contributed by atoms with E-state index >= 15 is 0 Å². The molecule has 2 saturated heterocycles. The molecule has 2 aliphatic rings. The molecule has 0 aliphatic carbocycles. The van der Waals surface area contributed by atoms with E-state index in [1.165, 1.54) is 51.9 Å². The molecule has 1 N–H and O–H groups in total. The molecule has 2 rings (SSSR count). The van der Waals surface area contributed by atoms with Crippen molar-refractivity contribution in [2.24, 2.45) is 5.92 Å². The summed E-state index contributed by atoms with van der Waals surface area (Å²) in [5.74, 6) is 0.924. The normalized spacial score (nSPS) is 33.4. The molecule has 0 saturated carbocycles.